The largest absolute Gasteiger partial charge is 0.462 e. The van der Waals surface area contributed by atoms with Gasteiger partial charge in [-0.15, -0.1) is 0 Å². The molecular formula is C50H96O6. The minimum Gasteiger partial charge on any atom is -0.462 e. The lowest BCUT2D eigenvalue weighted by Crippen LogP contribution is -2.30. The van der Waals surface area contributed by atoms with Gasteiger partial charge in [0.2, 0.25) is 0 Å². The van der Waals surface area contributed by atoms with Gasteiger partial charge in [0.15, 0.2) is 6.10 Å². The molecule has 0 heterocycles. The zero-order chi connectivity index (χ0) is 41.0. The molecule has 0 bridgehead atoms. The monoisotopic (exact) mass is 793 g/mol. The summed E-state index contributed by atoms with van der Waals surface area (Å²) in [5.41, 5.74) is 0. The molecule has 0 saturated heterocycles. The molecule has 0 spiro atoms. The molecule has 0 N–H and O–H groups in total. The van der Waals surface area contributed by atoms with E-state index in [1.807, 2.05) is 0 Å². The van der Waals surface area contributed by atoms with E-state index in [2.05, 4.69) is 27.7 Å². The second-order valence-corrected chi connectivity index (χ2v) is 17.6. The van der Waals surface area contributed by atoms with Gasteiger partial charge in [-0.1, -0.05) is 240 Å². The van der Waals surface area contributed by atoms with Crippen molar-refractivity contribution < 1.29 is 28.6 Å². The van der Waals surface area contributed by atoms with Crippen molar-refractivity contribution in [2.45, 2.75) is 284 Å². The normalized spacial score (nSPS) is 11.9. The van der Waals surface area contributed by atoms with Gasteiger partial charge in [-0.05, 0) is 25.2 Å². The fourth-order valence-corrected chi connectivity index (χ4v) is 7.51. The first-order valence-electron chi connectivity index (χ1n) is 24.9. The number of hydrogen-bond acceptors (Lipinski definition) is 6. The van der Waals surface area contributed by atoms with Crippen LogP contribution in [0.25, 0.3) is 0 Å². The molecule has 0 aromatic heterocycles. The van der Waals surface area contributed by atoms with Crippen molar-refractivity contribution >= 4 is 17.9 Å². The van der Waals surface area contributed by atoms with Crippen LogP contribution in [0.15, 0.2) is 0 Å². The molecule has 0 aromatic carbocycles. The quantitative estimate of drug-likeness (QED) is 0.0347. The number of hydrogen-bond donors (Lipinski definition) is 0. The van der Waals surface area contributed by atoms with Gasteiger partial charge in [-0.2, -0.15) is 0 Å². The second kappa shape index (κ2) is 44.5. The van der Waals surface area contributed by atoms with E-state index in [0.717, 1.165) is 63.7 Å². The van der Waals surface area contributed by atoms with Crippen molar-refractivity contribution in [1.29, 1.82) is 0 Å². The summed E-state index contributed by atoms with van der Waals surface area (Å²) in [4.78, 5) is 37.8. The summed E-state index contributed by atoms with van der Waals surface area (Å²) in [6.45, 7) is 8.95. The van der Waals surface area contributed by atoms with Crippen LogP contribution in [-0.4, -0.2) is 37.2 Å². The lowest BCUT2D eigenvalue weighted by molar-refractivity contribution is -0.167. The number of ether oxygens (including phenoxy) is 3. The van der Waals surface area contributed by atoms with Crippen molar-refractivity contribution in [3.8, 4) is 0 Å². The van der Waals surface area contributed by atoms with Gasteiger partial charge in [0.1, 0.15) is 13.2 Å². The summed E-state index contributed by atoms with van der Waals surface area (Å²) in [6, 6.07) is 0. The lowest BCUT2D eigenvalue weighted by atomic mass is 10.0. The van der Waals surface area contributed by atoms with Crippen molar-refractivity contribution in [3.05, 3.63) is 0 Å². The molecule has 332 valence electrons. The number of carbonyl (C=O) groups excluding carboxylic acids is 3. The van der Waals surface area contributed by atoms with Gasteiger partial charge in [0.05, 0.1) is 0 Å². The Bertz CT molecular complexity index is 841. The lowest BCUT2D eigenvalue weighted by Gasteiger charge is -2.18. The summed E-state index contributed by atoms with van der Waals surface area (Å²) in [6.07, 6.45) is 45.3. The van der Waals surface area contributed by atoms with Crippen LogP contribution >= 0.6 is 0 Å². The van der Waals surface area contributed by atoms with E-state index < -0.39 is 6.10 Å². The predicted molar refractivity (Wildman–Crippen MR) is 238 cm³/mol. The van der Waals surface area contributed by atoms with Crippen LogP contribution in [0.3, 0.4) is 0 Å². The summed E-state index contributed by atoms with van der Waals surface area (Å²) in [5.74, 6) is -0.0887. The predicted octanol–water partition coefficient (Wildman–Crippen LogP) is 15.9. The molecule has 0 aliphatic carbocycles. The summed E-state index contributed by atoms with van der Waals surface area (Å²) in [7, 11) is 0. The van der Waals surface area contributed by atoms with E-state index in [1.165, 1.54) is 173 Å². The highest BCUT2D eigenvalue weighted by molar-refractivity contribution is 5.71. The number of esters is 3. The fourth-order valence-electron chi connectivity index (χ4n) is 7.51. The zero-order valence-electron chi connectivity index (χ0n) is 38.1. The topological polar surface area (TPSA) is 78.9 Å². The summed E-state index contributed by atoms with van der Waals surface area (Å²) >= 11 is 0. The van der Waals surface area contributed by atoms with Crippen LogP contribution < -0.4 is 0 Å². The first kappa shape index (κ1) is 54.4. The second-order valence-electron chi connectivity index (χ2n) is 17.6. The molecule has 0 aliphatic heterocycles. The SMILES string of the molecule is CCCCCCCCCCCCCCCCCCC(=O)OC[C@@H](COC(=O)CCCCCCCCC(C)C)OC(=O)CCCCCCCCCCCCCCC. The molecule has 6 nitrogen and oxygen atoms in total. The van der Waals surface area contributed by atoms with Crippen LogP contribution in [0.5, 0.6) is 0 Å². The fraction of sp³-hybridized carbons (Fsp3) is 0.940. The first-order valence-corrected chi connectivity index (χ1v) is 24.9. The van der Waals surface area contributed by atoms with Crippen LogP contribution in [0.4, 0.5) is 0 Å². The number of carbonyl (C=O) groups is 3. The Kier molecular flexibility index (Phi) is 43.2. The van der Waals surface area contributed by atoms with Gasteiger partial charge >= 0.3 is 17.9 Å². The van der Waals surface area contributed by atoms with E-state index in [0.29, 0.717) is 19.3 Å². The molecule has 0 unspecified atom stereocenters. The Labute approximate surface area is 348 Å². The molecular weight excluding hydrogens is 697 g/mol. The molecule has 56 heavy (non-hydrogen) atoms. The van der Waals surface area contributed by atoms with E-state index in [4.69, 9.17) is 14.2 Å². The van der Waals surface area contributed by atoms with E-state index in [-0.39, 0.29) is 31.1 Å². The maximum absolute atomic E-state index is 12.7. The van der Waals surface area contributed by atoms with Crippen molar-refractivity contribution in [2.75, 3.05) is 13.2 Å². The Morgan fingerprint density at radius 3 is 0.875 bits per heavy atom. The number of unbranched alkanes of at least 4 members (excludes halogenated alkanes) is 32. The molecule has 0 rings (SSSR count). The smallest absolute Gasteiger partial charge is 0.306 e. The molecule has 6 heteroatoms. The summed E-state index contributed by atoms with van der Waals surface area (Å²) in [5, 5.41) is 0. The van der Waals surface area contributed by atoms with E-state index in [9.17, 15) is 14.4 Å². The Morgan fingerprint density at radius 2 is 0.589 bits per heavy atom. The van der Waals surface area contributed by atoms with Crippen LogP contribution in [-0.2, 0) is 28.6 Å². The van der Waals surface area contributed by atoms with Gasteiger partial charge in [-0.25, -0.2) is 0 Å². The molecule has 0 saturated carbocycles. The molecule has 1 atom stereocenters. The number of rotatable bonds is 45. The van der Waals surface area contributed by atoms with Crippen LogP contribution in [0.1, 0.15) is 278 Å². The van der Waals surface area contributed by atoms with E-state index in [1.54, 1.807) is 0 Å². The minimum atomic E-state index is -0.760. The third-order valence-electron chi connectivity index (χ3n) is 11.3. The summed E-state index contributed by atoms with van der Waals surface area (Å²) < 4.78 is 16.8. The third kappa shape index (κ3) is 43.5. The third-order valence-corrected chi connectivity index (χ3v) is 11.3. The first-order chi connectivity index (χ1) is 27.4. The highest BCUT2D eigenvalue weighted by Gasteiger charge is 2.19. The Hall–Kier alpha value is -1.59. The Balaban J connectivity index is 4.27. The zero-order valence-corrected chi connectivity index (χ0v) is 38.1. The minimum absolute atomic E-state index is 0.0638. The highest BCUT2D eigenvalue weighted by Crippen LogP contribution is 2.17. The average Bonchev–Trinajstić information content (AvgIpc) is 3.18. The molecule has 0 aromatic rings. The average molecular weight is 793 g/mol. The molecule has 0 aliphatic rings. The van der Waals surface area contributed by atoms with Gasteiger partial charge in [0, 0.05) is 19.3 Å². The van der Waals surface area contributed by atoms with Crippen molar-refractivity contribution in [3.63, 3.8) is 0 Å². The maximum Gasteiger partial charge on any atom is 0.306 e. The molecule has 0 radical (unpaired) electrons. The van der Waals surface area contributed by atoms with Crippen molar-refractivity contribution in [1.82, 2.24) is 0 Å². The van der Waals surface area contributed by atoms with Gasteiger partial charge in [-0.3, -0.25) is 14.4 Å². The standard InChI is InChI=1S/C50H96O6/c1-5-7-9-11-13-15-17-19-20-21-23-24-26-28-33-37-41-48(51)54-44-47(45-55-49(52)42-38-34-31-30-32-36-40-46(3)4)56-50(53)43-39-35-29-27-25-22-18-16-14-12-10-8-6-2/h46-47H,5-45H2,1-4H3/t47-/m0/s1. The maximum atomic E-state index is 12.7. The van der Waals surface area contributed by atoms with Crippen molar-refractivity contribution in [2.24, 2.45) is 5.92 Å². The van der Waals surface area contributed by atoms with Gasteiger partial charge < -0.3 is 14.2 Å². The van der Waals surface area contributed by atoms with Crippen LogP contribution in [0, 0.1) is 5.92 Å². The highest BCUT2D eigenvalue weighted by atomic mass is 16.6. The van der Waals surface area contributed by atoms with Gasteiger partial charge in [0.25, 0.3) is 0 Å². The molecule has 0 amide bonds. The molecule has 0 fully saturated rings. The van der Waals surface area contributed by atoms with Crippen LogP contribution in [0.2, 0.25) is 0 Å². The van der Waals surface area contributed by atoms with E-state index >= 15 is 0 Å². The Morgan fingerprint density at radius 1 is 0.339 bits per heavy atom.